The Bertz CT molecular complexity index is 1100. The number of benzene rings is 1. The summed E-state index contributed by atoms with van der Waals surface area (Å²) in [4.78, 5) is 15.4. The summed E-state index contributed by atoms with van der Waals surface area (Å²) in [5.41, 5.74) is 1.79. The van der Waals surface area contributed by atoms with Crippen molar-refractivity contribution in [1.29, 1.82) is 0 Å². The van der Waals surface area contributed by atoms with Gasteiger partial charge in [0.15, 0.2) is 9.84 Å². The lowest BCUT2D eigenvalue weighted by molar-refractivity contribution is -0.0941. The van der Waals surface area contributed by atoms with Crippen molar-refractivity contribution in [2.45, 2.75) is 55.5 Å². The van der Waals surface area contributed by atoms with E-state index in [9.17, 15) is 26.4 Å². The third kappa shape index (κ3) is 5.74. The molecule has 0 saturated carbocycles. The molecule has 0 bridgehead atoms. The van der Waals surface area contributed by atoms with E-state index in [0.29, 0.717) is 44.7 Å². The van der Waals surface area contributed by atoms with E-state index in [4.69, 9.17) is 4.74 Å². The van der Waals surface area contributed by atoms with Gasteiger partial charge in [-0.3, -0.25) is 4.79 Å². The van der Waals surface area contributed by atoms with E-state index in [1.807, 2.05) is 0 Å². The summed E-state index contributed by atoms with van der Waals surface area (Å²) < 4.78 is 68.3. The predicted molar refractivity (Wildman–Crippen MR) is 122 cm³/mol. The highest BCUT2D eigenvalue weighted by Gasteiger charge is 2.35. The van der Waals surface area contributed by atoms with Gasteiger partial charge in [-0.2, -0.15) is 13.2 Å². The first-order valence-electron chi connectivity index (χ1n) is 11.7. The number of carbonyl (C=O) groups excluding carboxylic acids is 1. The molecule has 0 radical (unpaired) electrons. The van der Waals surface area contributed by atoms with Gasteiger partial charge in [0.1, 0.15) is 0 Å². The minimum Gasteiger partial charge on any atom is -0.381 e. The summed E-state index contributed by atoms with van der Waals surface area (Å²) in [6.07, 6.45) is 3.00. The summed E-state index contributed by atoms with van der Waals surface area (Å²) in [5.74, 6) is 0.147. The minimum atomic E-state index is -4.28. The van der Waals surface area contributed by atoms with E-state index >= 15 is 0 Å². The molecule has 0 spiro atoms. The maximum atomic E-state index is 13.5. The molecule has 1 amide bonds. The Hall–Kier alpha value is -2.13. The Morgan fingerprint density at radius 3 is 2.47 bits per heavy atom. The van der Waals surface area contributed by atoms with E-state index in [0.717, 1.165) is 36.7 Å². The molecule has 1 unspecified atom stereocenters. The number of alkyl halides is 3. The van der Waals surface area contributed by atoms with Crippen LogP contribution in [0.25, 0.3) is 0 Å². The molecule has 1 aromatic rings. The summed E-state index contributed by atoms with van der Waals surface area (Å²) in [6.45, 7) is 2.29. The number of likely N-dealkylation sites (tertiary alicyclic amines) is 1. The Labute approximate surface area is 198 Å². The Morgan fingerprint density at radius 1 is 1.12 bits per heavy atom. The SMILES string of the molecule is CS(=O)(=O)c1ccc(C2CCOCC2)c(C(=O)N2CCC(CC3=CC=C(C(F)(F)F)CC3)C2)c1. The quantitative estimate of drug-likeness (QED) is 0.572. The molecule has 2 heterocycles. The number of hydrogen-bond acceptors (Lipinski definition) is 4. The lowest BCUT2D eigenvalue weighted by Gasteiger charge is -2.26. The van der Waals surface area contributed by atoms with Gasteiger partial charge >= 0.3 is 6.18 Å². The summed E-state index contributed by atoms with van der Waals surface area (Å²) in [5, 5.41) is 0. The molecular weight excluding hydrogens is 467 g/mol. The van der Waals surface area contributed by atoms with E-state index < -0.39 is 21.6 Å². The van der Waals surface area contributed by atoms with Crippen LogP contribution >= 0.6 is 0 Å². The standard InChI is InChI=1S/C25H30F3NO4S/c1-34(31,32)21-6-7-22(19-9-12-33-13-10-19)23(15-21)24(30)29-11-8-18(16-29)14-17-2-4-20(5-3-17)25(26,27)28/h2,4,6-7,15,18-19H,3,5,8-14,16H2,1H3. The monoisotopic (exact) mass is 497 g/mol. The van der Waals surface area contributed by atoms with Gasteiger partial charge in [-0.05, 0) is 68.1 Å². The van der Waals surface area contributed by atoms with E-state index in [1.54, 1.807) is 23.1 Å². The highest BCUT2D eigenvalue weighted by Crippen LogP contribution is 2.36. The number of allylic oxidation sites excluding steroid dienone is 4. The number of hydrogen-bond donors (Lipinski definition) is 0. The summed E-state index contributed by atoms with van der Waals surface area (Å²) in [7, 11) is -3.46. The Balaban J connectivity index is 1.50. The van der Waals surface area contributed by atoms with Crippen LogP contribution in [0.4, 0.5) is 13.2 Å². The van der Waals surface area contributed by atoms with Crippen LogP contribution < -0.4 is 0 Å². The smallest absolute Gasteiger partial charge is 0.381 e. The van der Waals surface area contributed by atoms with Gasteiger partial charge in [0, 0.05) is 43.7 Å². The molecular formula is C25H30F3NO4S. The molecule has 4 rings (SSSR count). The molecule has 0 N–H and O–H groups in total. The van der Waals surface area contributed by atoms with Crippen LogP contribution in [-0.2, 0) is 14.6 Å². The van der Waals surface area contributed by atoms with E-state index in [1.165, 1.54) is 12.1 Å². The third-order valence-corrected chi connectivity index (χ3v) is 8.18. The van der Waals surface area contributed by atoms with Crippen LogP contribution in [0, 0.1) is 5.92 Å². The fraction of sp³-hybridized carbons (Fsp3) is 0.560. The second-order valence-corrected chi connectivity index (χ2v) is 11.5. The number of rotatable bonds is 5. The van der Waals surface area contributed by atoms with Crippen LogP contribution in [0.3, 0.4) is 0 Å². The molecule has 1 atom stereocenters. The molecule has 2 fully saturated rings. The van der Waals surface area contributed by atoms with Crippen molar-refractivity contribution in [2.75, 3.05) is 32.6 Å². The van der Waals surface area contributed by atoms with Crippen molar-refractivity contribution in [3.05, 3.63) is 52.6 Å². The van der Waals surface area contributed by atoms with Crippen LogP contribution in [0.15, 0.2) is 46.4 Å². The number of carbonyl (C=O) groups is 1. The summed E-state index contributed by atoms with van der Waals surface area (Å²) >= 11 is 0. The van der Waals surface area contributed by atoms with Crippen LogP contribution in [0.2, 0.25) is 0 Å². The first kappa shape index (κ1) is 25.0. The molecule has 0 aromatic heterocycles. The number of amides is 1. The van der Waals surface area contributed by atoms with Crippen molar-refractivity contribution in [2.24, 2.45) is 5.92 Å². The zero-order chi connectivity index (χ0) is 24.5. The van der Waals surface area contributed by atoms with E-state index in [2.05, 4.69) is 0 Å². The van der Waals surface area contributed by atoms with Gasteiger partial charge in [0.25, 0.3) is 5.91 Å². The van der Waals surface area contributed by atoms with Crippen LogP contribution in [0.1, 0.15) is 60.4 Å². The molecule has 9 heteroatoms. The predicted octanol–water partition coefficient (Wildman–Crippen LogP) is 5.05. The highest BCUT2D eigenvalue weighted by molar-refractivity contribution is 7.90. The van der Waals surface area contributed by atoms with Crippen LogP contribution in [-0.4, -0.2) is 58.0 Å². The highest BCUT2D eigenvalue weighted by atomic mass is 32.2. The minimum absolute atomic E-state index is 0.00254. The van der Waals surface area contributed by atoms with Gasteiger partial charge in [-0.25, -0.2) is 8.42 Å². The Kier molecular flexibility index (Phi) is 7.24. The fourth-order valence-electron chi connectivity index (χ4n) is 5.13. The van der Waals surface area contributed by atoms with Crippen molar-refractivity contribution >= 4 is 15.7 Å². The normalized spacial score (nSPS) is 22.5. The molecule has 186 valence electrons. The zero-order valence-corrected chi connectivity index (χ0v) is 20.1. The van der Waals surface area contributed by atoms with Gasteiger partial charge in [0.05, 0.1) is 4.90 Å². The molecule has 34 heavy (non-hydrogen) atoms. The van der Waals surface area contributed by atoms with Crippen molar-refractivity contribution < 1.29 is 31.1 Å². The molecule has 5 nitrogen and oxygen atoms in total. The van der Waals surface area contributed by atoms with Gasteiger partial charge in [0.2, 0.25) is 0 Å². The van der Waals surface area contributed by atoms with Gasteiger partial charge < -0.3 is 9.64 Å². The largest absolute Gasteiger partial charge is 0.412 e. The maximum Gasteiger partial charge on any atom is 0.412 e. The average Bonchev–Trinajstić information content (AvgIpc) is 3.26. The topological polar surface area (TPSA) is 63.7 Å². The lowest BCUT2D eigenvalue weighted by atomic mass is 9.88. The van der Waals surface area contributed by atoms with Crippen LogP contribution in [0.5, 0.6) is 0 Å². The fourth-order valence-corrected chi connectivity index (χ4v) is 5.77. The molecule has 1 aromatic carbocycles. The average molecular weight is 498 g/mol. The molecule has 3 aliphatic rings. The third-order valence-electron chi connectivity index (χ3n) is 7.07. The van der Waals surface area contributed by atoms with E-state index in [-0.39, 0.29) is 29.1 Å². The molecule has 2 saturated heterocycles. The number of ether oxygens (including phenoxy) is 1. The van der Waals surface area contributed by atoms with Gasteiger partial charge in [-0.1, -0.05) is 23.8 Å². The molecule has 2 aliphatic heterocycles. The Morgan fingerprint density at radius 2 is 1.85 bits per heavy atom. The second-order valence-electron chi connectivity index (χ2n) is 9.53. The van der Waals surface area contributed by atoms with Crippen molar-refractivity contribution in [3.63, 3.8) is 0 Å². The van der Waals surface area contributed by atoms with Crippen molar-refractivity contribution in [3.8, 4) is 0 Å². The first-order chi connectivity index (χ1) is 16.0. The number of halogens is 3. The first-order valence-corrected chi connectivity index (χ1v) is 13.6. The zero-order valence-electron chi connectivity index (χ0n) is 19.2. The van der Waals surface area contributed by atoms with Crippen molar-refractivity contribution in [1.82, 2.24) is 4.90 Å². The molecule has 1 aliphatic carbocycles. The van der Waals surface area contributed by atoms with Gasteiger partial charge in [-0.15, -0.1) is 0 Å². The second kappa shape index (κ2) is 9.85. The number of sulfone groups is 1. The maximum absolute atomic E-state index is 13.5. The lowest BCUT2D eigenvalue weighted by Crippen LogP contribution is -2.30. The summed E-state index contributed by atoms with van der Waals surface area (Å²) in [6, 6.07) is 4.84. The number of nitrogens with zero attached hydrogens (tertiary/aromatic N) is 1.